The molecule has 4 aromatic rings. The molecule has 1 fully saturated rings. The Bertz CT molecular complexity index is 1230. The Hall–Kier alpha value is -3.10. The van der Waals surface area contributed by atoms with E-state index in [-0.39, 0.29) is 0 Å². The van der Waals surface area contributed by atoms with E-state index in [9.17, 15) is 5.26 Å². The molecule has 4 heterocycles. The molecular formula is C24H25N5. The van der Waals surface area contributed by atoms with E-state index < -0.39 is 0 Å². The summed E-state index contributed by atoms with van der Waals surface area (Å²) in [5.41, 5.74) is 7.52. The number of aromatic amines is 1. The first kappa shape index (κ1) is 18.0. The molecule has 29 heavy (non-hydrogen) atoms. The number of nitrogens with one attached hydrogen (secondary N) is 2. The zero-order valence-electron chi connectivity index (χ0n) is 16.9. The van der Waals surface area contributed by atoms with Crippen molar-refractivity contribution in [2.75, 3.05) is 13.1 Å². The van der Waals surface area contributed by atoms with E-state index in [0.717, 1.165) is 30.0 Å². The van der Waals surface area contributed by atoms with E-state index in [0.29, 0.717) is 17.5 Å². The number of benzene rings is 1. The second kappa shape index (κ2) is 7.06. The van der Waals surface area contributed by atoms with Gasteiger partial charge in [-0.1, -0.05) is 19.9 Å². The number of aromatic nitrogens is 3. The topological polar surface area (TPSA) is 68.9 Å². The Morgan fingerprint density at radius 1 is 1.17 bits per heavy atom. The Kier molecular flexibility index (Phi) is 4.37. The number of imidazole rings is 1. The van der Waals surface area contributed by atoms with Crippen LogP contribution >= 0.6 is 0 Å². The highest BCUT2D eigenvalue weighted by Crippen LogP contribution is 2.38. The third kappa shape index (κ3) is 3.01. The standard InChI is InChI=1S/C24H25N5/c1-15(2)23-20-11-17(16-7-9-26-10-8-16)3-5-21(20)28-24(23)18-4-6-22-27-13-19(12-25)29(22)14-18/h3-6,11,13-16,26,28H,7-10H2,1-2H3. The normalized spacial score (nSPS) is 15.4. The highest BCUT2D eigenvalue weighted by atomic mass is 15.0. The van der Waals surface area contributed by atoms with Gasteiger partial charge in [0.15, 0.2) is 0 Å². The number of nitriles is 1. The first-order valence-electron chi connectivity index (χ1n) is 10.4. The van der Waals surface area contributed by atoms with Gasteiger partial charge in [0.2, 0.25) is 0 Å². The van der Waals surface area contributed by atoms with E-state index >= 15 is 0 Å². The fourth-order valence-corrected chi connectivity index (χ4v) is 4.68. The monoisotopic (exact) mass is 383 g/mol. The van der Waals surface area contributed by atoms with Crippen LogP contribution in [0.15, 0.2) is 42.7 Å². The summed E-state index contributed by atoms with van der Waals surface area (Å²) in [4.78, 5) is 7.97. The predicted octanol–water partition coefficient (Wildman–Crippen LogP) is 4.94. The maximum absolute atomic E-state index is 9.37. The maximum Gasteiger partial charge on any atom is 0.144 e. The van der Waals surface area contributed by atoms with Crippen LogP contribution in [0.2, 0.25) is 0 Å². The molecule has 5 heteroatoms. The van der Waals surface area contributed by atoms with Gasteiger partial charge in [-0.2, -0.15) is 5.26 Å². The Labute approximate surface area is 170 Å². The summed E-state index contributed by atoms with van der Waals surface area (Å²) in [6.45, 7) is 6.70. The summed E-state index contributed by atoms with van der Waals surface area (Å²) in [5.74, 6) is 1.02. The summed E-state index contributed by atoms with van der Waals surface area (Å²) in [6, 6.07) is 13.2. The summed E-state index contributed by atoms with van der Waals surface area (Å²) >= 11 is 0. The van der Waals surface area contributed by atoms with Crippen molar-refractivity contribution in [3.63, 3.8) is 0 Å². The molecule has 146 valence electrons. The van der Waals surface area contributed by atoms with Gasteiger partial charge in [-0.05, 0) is 73.2 Å². The quantitative estimate of drug-likeness (QED) is 0.526. The number of piperidine rings is 1. The molecule has 5 nitrogen and oxygen atoms in total. The molecule has 1 aliphatic heterocycles. The molecule has 0 bridgehead atoms. The molecule has 0 unspecified atom stereocenters. The molecule has 0 atom stereocenters. The fraction of sp³-hybridized carbons (Fsp3) is 0.333. The van der Waals surface area contributed by atoms with Crippen LogP contribution in [0.4, 0.5) is 0 Å². The lowest BCUT2D eigenvalue weighted by Gasteiger charge is -2.23. The van der Waals surface area contributed by atoms with Crippen molar-refractivity contribution in [3.05, 3.63) is 59.5 Å². The van der Waals surface area contributed by atoms with Crippen molar-refractivity contribution in [1.82, 2.24) is 19.7 Å². The molecule has 0 radical (unpaired) electrons. The van der Waals surface area contributed by atoms with E-state index in [4.69, 9.17) is 0 Å². The molecule has 1 aromatic carbocycles. The van der Waals surface area contributed by atoms with Crippen LogP contribution in [0.5, 0.6) is 0 Å². The Morgan fingerprint density at radius 2 is 2.00 bits per heavy atom. The number of H-pyrrole nitrogens is 1. The third-order valence-electron chi connectivity index (χ3n) is 6.16. The largest absolute Gasteiger partial charge is 0.354 e. The van der Waals surface area contributed by atoms with E-state index in [1.807, 2.05) is 16.7 Å². The maximum atomic E-state index is 9.37. The summed E-state index contributed by atoms with van der Waals surface area (Å²) in [6.07, 6.45) is 6.05. The lowest BCUT2D eigenvalue weighted by molar-refractivity contribution is 0.460. The minimum atomic E-state index is 0.385. The zero-order valence-corrected chi connectivity index (χ0v) is 16.9. The van der Waals surface area contributed by atoms with Crippen LogP contribution in [0.3, 0.4) is 0 Å². The fourth-order valence-electron chi connectivity index (χ4n) is 4.68. The smallest absolute Gasteiger partial charge is 0.144 e. The predicted molar refractivity (Wildman–Crippen MR) is 116 cm³/mol. The number of hydrogen-bond donors (Lipinski definition) is 2. The van der Waals surface area contributed by atoms with E-state index in [1.54, 1.807) is 6.20 Å². The average Bonchev–Trinajstić information content (AvgIpc) is 3.34. The van der Waals surface area contributed by atoms with Crippen LogP contribution in [0.1, 0.15) is 55.3 Å². The molecule has 2 N–H and O–H groups in total. The number of rotatable bonds is 3. The molecule has 1 saturated heterocycles. The highest BCUT2D eigenvalue weighted by molar-refractivity contribution is 5.92. The van der Waals surface area contributed by atoms with Crippen molar-refractivity contribution in [3.8, 4) is 17.3 Å². The van der Waals surface area contributed by atoms with Gasteiger partial charge in [-0.3, -0.25) is 4.40 Å². The molecule has 0 amide bonds. The van der Waals surface area contributed by atoms with Gasteiger partial charge < -0.3 is 10.3 Å². The van der Waals surface area contributed by atoms with Crippen LogP contribution in [-0.2, 0) is 0 Å². The minimum absolute atomic E-state index is 0.385. The number of nitrogens with zero attached hydrogens (tertiary/aromatic N) is 3. The molecule has 0 spiro atoms. The van der Waals surface area contributed by atoms with Gasteiger partial charge in [0.05, 0.1) is 11.9 Å². The second-order valence-corrected chi connectivity index (χ2v) is 8.30. The third-order valence-corrected chi connectivity index (χ3v) is 6.16. The lowest BCUT2D eigenvalue weighted by atomic mass is 9.88. The lowest BCUT2D eigenvalue weighted by Crippen LogP contribution is -2.26. The highest BCUT2D eigenvalue weighted by Gasteiger charge is 2.20. The first-order chi connectivity index (χ1) is 14.2. The van der Waals surface area contributed by atoms with Crippen molar-refractivity contribution >= 4 is 16.6 Å². The van der Waals surface area contributed by atoms with E-state index in [2.05, 4.69) is 59.5 Å². The van der Waals surface area contributed by atoms with Crippen LogP contribution in [0, 0.1) is 11.3 Å². The second-order valence-electron chi connectivity index (χ2n) is 8.30. The molecule has 0 saturated carbocycles. The molecule has 5 rings (SSSR count). The van der Waals surface area contributed by atoms with Crippen LogP contribution in [0.25, 0.3) is 27.8 Å². The average molecular weight is 383 g/mol. The van der Waals surface area contributed by atoms with Crippen molar-refractivity contribution in [1.29, 1.82) is 5.26 Å². The van der Waals surface area contributed by atoms with Crippen LogP contribution in [-0.4, -0.2) is 27.5 Å². The van der Waals surface area contributed by atoms with Crippen molar-refractivity contribution in [2.24, 2.45) is 0 Å². The van der Waals surface area contributed by atoms with Gasteiger partial charge in [0, 0.05) is 22.7 Å². The summed E-state index contributed by atoms with van der Waals surface area (Å²) < 4.78 is 1.87. The van der Waals surface area contributed by atoms with Gasteiger partial charge >= 0.3 is 0 Å². The Balaban J connectivity index is 1.67. The van der Waals surface area contributed by atoms with Gasteiger partial charge in [-0.15, -0.1) is 0 Å². The van der Waals surface area contributed by atoms with Gasteiger partial charge in [-0.25, -0.2) is 4.98 Å². The molecule has 1 aliphatic rings. The molecular weight excluding hydrogens is 358 g/mol. The SMILES string of the molecule is CC(C)c1c(-c2ccc3ncc(C#N)n3c2)[nH]c2ccc(C3CCNCC3)cc12. The zero-order chi connectivity index (χ0) is 20.0. The number of pyridine rings is 1. The van der Waals surface area contributed by atoms with Crippen LogP contribution < -0.4 is 5.32 Å². The Morgan fingerprint density at radius 3 is 2.76 bits per heavy atom. The van der Waals surface area contributed by atoms with Crippen molar-refractivity contribution < 1.29 is 0 Å². The van der Waals surface area contributed by atoms with Gasteiger partial charge in [0.25, 0.3) is 0 Å². The molecule has 3 aromatic heterocycles. The minimum Gasteiger partial charge on any atom is -0.354 e. The van der Waals surface area contributed by atoms with Crippen molar-refractivity contribution in [2.45, 2.75) is 38.5 Å². The number of hydrogen-bond acceptors (Lipinski definition) is 3. The summed E-state index contributed by atoms with van der Waals surface area (Å²) in [5, 5.41) is 14.2. The van der Waals surface area contributed by atoms with Gasteiger partial charge in [0.1, 0.15) is 17.4 Å². The molecule has 0 aliphatic carbocycles. The first-order valence-corrected chi connectivity index (χ1v) is 10.4. The summed E-state index contributed by atoms with van der Waals surface area (Å²) in [7, 11) is 0. The van der Waals surface area contributed by atoms with E-state index in [1.165, 1.54) is 34.9 Å². The number of fused-ring (bicyclic) bond motifs is 2.